The van der Waals surface area contributed by atoms with Crippen LogP contribution in [0.15, 0.2) is 34.7 Å². The lowest BCUT2D eigenvalue weighted by Crippen LogP contribution is -2.18. The highest BCUT2D eigenvalue weighted by Gasteiger charge is 2.11. The number of nitrogens with zero attached hydrogens (tertiary/aromatic N) is 3. The van der Waals surface area contributed by atoms with Gasteiger partial charge in [0.2, 0.25) is 5.13 Å². The normalized spacial score (nSPS) is 15.9. The minimum atomic E-state index is 0.828. The van der Waals surface area contributed by atoms with E-state index in [1.54, 1.807) is 11.3 Å². The van der Waals surface area contributed by atoms with Crippen LogP contribution < -0.4 is 5.43 Å². The zero-order chi connectivity index (χ0) is 14.5. The summed E-state index contributed by atoms with van der Waals surface area (Å²) in [6.07, 6.45) is 4.51. The first-order chi connectivity index (χ1) is 10.3. The molecule has 21 heavy (non-hydrogen) atoms. The summed E-state index contributed by atoms with van der Waals surface area (Å²) in [5.74, 6) is 0. The number of anilines is 1. The monoisotopic (exact) mass is 300 g/mol. The van der Waals surface area contributed by atoms with E-state index in [4.69, 9.17) is 0 Å². The fourth-order valence-corrected chi connectivity index (χ4v) is 3.11. The van der Waals surface area contributed by atoms with Crippen molar-refractivity contribution in [2.45, 2.75) is 26.3 Å². The summed E-state index contributed by atoms with van der Waals surface area (Å²) in [6.45, 7) is 5.51. The van der Waals surface area contributed by atoms with E-state index in [9.17, 15) is 0 Å². The van der Waals surface area contributed by atoms with E-state index in [2.05, 4.69) is 44.7 Å². The zero-order valence-electron chi connectivity index (χ0n) is 12.2. The van der Waals surface area contributed by atoms with E-state index in [0.717, 1.165) is 22.9 Å². The number of likely N-dealkylation sites (tertiary alicyclic amines) is 1. The van der Waals surface area contributed by atoms with Gasteiger partial charge in [0.1, 0.15) is 0 Å². The maximum atomic E-state index is 4.30. The third-order valence-electron chi connectivity index (χ3n) is 3.58. The van der Waals surface area contributed by atoms with Gasteiger partial charge < -0.3 is 0 Å². The van der Waals surface area contributed by atoms with Gasteiger partial charge in [-0.15, -0.1) is 11.3 Å². The molecule has 1 N–H and O–H groups in total. The van der Waals surface area contributed by atoms with Gasteiger partial charge in [-0.25, -0.2) is 4.98 Å². The van der Waals surface area contributed by atoms with Crippen LogP contribution in [0.4, 0.5) is 5.13 Å². The summed E-state index contributed by atoms with van der Waals surface area (Å²) in [5, 5.41) is 7.05. The van der Waals surface area contributed by atoms with Gasteiger partial charge in [-0.1, -0.05) is 24.3 Å². The number of hydrazone groups is 1. The highest BCUT2D eigenvalue weighted by molar-refractivity contribution is 7.13. The highest BCUT2D eigenvalue weighted by atomic mass is 32.1. The van der Waals surface area contributed by atoms with Gasteiger partial charge in [-0.05, 0) is 44.0 Å². The van der Waals surface area contributed by atoms with Crippen molar-refractivity contribution in [1.82, 2.24) is 9.88 Å². The van der Waals surface area contributed by atoms with Gasteiger partial charge in [0.15, 0.2) is 0 Å². The Labute approximate surface area is 129 Å². The molecule has 0 unspecified atom stereocenters. The zero-order valence-corrected chi connectivity index (χ0v) is 13.1. The Hall–Kier alpha value is -1.72. The first-order valence-electron chi connectivity index (χ1n) is 7.32. The van der Waals surface area contributed by atoms with Crippen LogP contribution in [0, 0.1) is 6.92 Å². The smallest absolute Gasteiger partial charge is 0.203 e. The first-order valence-corrected chi connectivity index (χ1v) is 8.20. The molecule has 1 aliphatic heterocycles. The van der Waals surface area contributed by atoms with Crippen LogP contribution in [-0.4, -0.2) is 29.2 Å². The van der Waals surface area contributed by atoms with Gasteiger partial charge in [0, 0.05) is 11.9 Å². The fourth-order valence-electron chi connectivity index (χ4n) is 2.48. The van der Waals surface area contributed by atoms with Gasteiger partial charge >= 0.3 is 0 Å². The molecule has 1 saturated heterocycles. The van der Waals surface area contributed by atoms with E-state index in [1.807, 2.05) is 18.5 Å². The van der Waals surface area contributed by atoms with Crippen LogP contribution in [-0.2, 0) is 6.54 Å². The molecule has 1 aromatic heterocycles. The molecular formula is C16H20N4S. The Morgan fingerprint density at radius 3 is 2.71 bits per heavy atom. The van der Waals surface area contributed by atoms with Crippen LogP contribution in [0.2, 0.25) is 0 Å². The lowest BCUT2D eigenvalue weighted by atomic mass is 10.1. The highest BCUT2D eigenvalue weighted by Crippen LogP contribution is 2.14. The second-order valence-corrected chi connectivity index (χ2v) is 6.25. The third kappa shape index (κ3) is 4.12. The predicted molar refractivity (Wildman–Crippen MR) is 89.0 cm³/mol. The van der Waals surface area contributed by atoms with Crippen molar-refractivity contribution in [3.63, 3.8) is 0 Å². The Morgan fingerprint density at radius 1 is 1.29 bits per heavy atom. The van der Waals surface area contributed by atoms with Crippen LogP contribution >= 0.6 is 11.3 Å². The Balaban J connectivity index is 1.53. The molecule has 0 atom stereocenters. The lowest BCUT2D eigenvalue weighted by Gasteiger charge is -2.14. The summed E-state index contributed by atoms with van der Waals surface area (Å²) in [7, 11) is 0. The molecular weight excluding hydrogens is 280 g/mol. The minimum Gasteiger partial charge on any atom is -0.299 e. The molecule has 0 bridgehead atoms. The summed E-state index contributed by atoms with van der Waals surface area (Å²) in [4.78, 5) is 6.81. The number of hydrogen-bond donors (Lipinski definition) is 1. The molecule has 1 aromatic carbocycles. The van der Waals surface area contributed by atoms with Crippen LogP contribution in [0.25, 0.3) is 0 Å². The molecule has 1 aliphatic rings. The largest absolute Gasteiger partial charge is 0.299 e. The fraction of sp³-hybridized carbons (Fsp3) is 0.375. The summed E-state index contributed by atoms with van der Waals surface area (Å²) < 4.78 is 0. The predicted octanol–water partition coefficient (Wildman–Crippen LogP) is 3.49. The molecule has 0 spiro atoms. The van der Waals surface area contributed by atoms with Crippen molar-refractivity contribution in [3.05, 3.63) is 46.5 Å². The van der Waals surface area contributed by atoms with Crippen LogP contribution in [0.1, 0.15) is 29.7 Å². The van der Waals surface area contributed by atoms with Gasteiger partial charge in [0.05, 0.1) is 11.9 Å². The average Bonchev–Trinajstić information content (AvgIpc) is 3.13. The van der Waals surface area contributed by atoms with Gasteiger partial charge in [-0.3, -0.25) is 10.3 Å². The first kappa shape index (κ1) is 14.2. The van der Waals surface area contributed by atoms with Gasteiger partial charge in [-0.2, -0.15) is 5.10 Å². The number of aryl methyl sites for hydroxylation is 1. The maximum Gasteiger partial charge on any atom is 0.203 e. The maximum absolute atomic E-state index is 4.30. The molecule has 0 amide bonds. The summed E-state index contributed by atoms with van der Waals surface area (Å²) in [5.41, 5.74) is 6.44. The molecule has 2 aromatic rings. The molecule has 4 nitrogen and oxygen atoms in total. The van der Waals surface area contributed by atoms with Crippen molar-refractivity contribution >= 4 is 22.7 Å². The van der Waals surface area contributed by atoms with Crippen molar-refractivity contribution in [2.24, 2.45) is 5.10 Å². The van der Waals surface area contributed by atoms with E-state index < -0.39 is 0 Å². The topological polar surface area (TPSA) is 40.5 Å². The average molecular weight is 300 g/mol. The Bertz CT molecular complexity index is 597. The molecule has 0 saturated carbocycles. The number of hydrogen-bond acceptors (Lipinski definition) is 5. The standard InChI is InChI=1S/C16H20N4S/c1-13-12-21-16(18-13)19-17-10-14-4-6-15(7-5-14)11-20-8-2-3-9-20/h4-7,10,12H,2-3,8-9,11H2,1H3,(H,18,19). The second kappa shape index (κ2) is 6.83. The molecule has 5 heteroatoms. The number of aromatic nitrogens is 1. The molecule has 3 rings (SSSR count). The molecule has 2 heterocycles. The van der Waals surface area contributed by atoms with Crippen molar-refractivity contribution in [1.29, 1.82) is 0 Å². The third-order valence-corrected chi connectivity index (χ3v) is 4.44. The van der Waals surface area contributed by atoms with Crippen molar-refractivity contribution in [2.75, 3.05) is 18.5 Å². The van der Waals surface area contributed by atoms with Crippen LogP contribution in [0.5, 0.6) is 0 Å². The molecule has 110 valence electrons. The van der Waals surface area contributed by atoms with Crippen molar-refractivity contribution < 1.29 is 0 Å². The summed E-state index contributed by atoms with van der Waals surface area (Å²) in [6, 6.07) is 8.60. The van der Waals surface area contributed by atoms with Gasteiger partial charge in [0.25, 0.3) is 0 Å². The van der Waals surface area contributed by atoms with E-state index in [0.29, 0.717) is 0 Å². The lowest BCUT2D eigenvalue weighted by molar-refractivity contribution is 0.331. The van der Waals surface area contributed by atoms with Crippen molar-refractivity contribution in [3.8, 4) is 0 Å². The summed E-state index contributed by atoms with van der Waals surface area (Å²) >= 11 is 1.56. The SMILES string of the molecule is Cc1csc(NN=Cc2ccc(CN3CCCC3)cc2)n1. The minimum absolute atomic E-state index is 0.828. The van der Waals surface area contributed by atoms with E-state index in [1.165, 1.54) is 31.5 Å². The molecule has 1 fully saturated rings. The number of thiazole rings is 1. The second-order valence-electron chi connectivity index (χ2n) is 5.39. The Morgan fingerprint density at radius 2 is 2.05 bits per heavy atom. The number of nitrogens with one attached hydrogen (secondary N) is 1. The van der Waals surface area contributed by atoms with E-state index in [-0.39, 0.29) is 0 Å². The molecule has 0 radical (unpaired) electrons. The van der Waals surface area contributed by atoms with Crippen LogP contribution in [0.3, 0.4) is 0 Å². The number of benzene rings is 1. The number of rotatable bonds is 5. The van der Waals surface area contributed by atoms with E-state index >= 15 is 0 Å². The Kier molecular flexibility index (Phi) is 4.62. The quantitative estimate of drug-likeness (QED) is 0.679. The molecule has 0 aliphatic carbocycles.